The maximum atomic E-state index is 11.7. The van der Waals surface area contributed by atoms with E-state index in [9.17, 15) is 15.0 Å². The van der Waals surface area contributed by atoms with E-state index in [0.29, 0.717) is 5.92 Å². The Morgan fingerprint density at radius 3 is 1.80 bits per heavy atom. The molecule has 2 atom stereocenters. The smallest absolute Gasteiger partial charge is 0.308 e. The molecule has 0 aliphatic heterocycles. The fourth-order valence-electron chi connectivity index (χ4n) is 3.05. The van der Waals surface area contributed by atoms with Crippen molar-refractivity contribution in [2.24, 2.45) is 0 Å². The predicted molar refractivity (Wildman–Crippen MR) is 101 cm³/mol. The fraction of sp³-hybridized carbons (Fsp3) is 0.667. The van der Waals surface area contributed by atoms with Crippen LogP contribution < -0.4 is 0 Å². The van der Waals surface area contributed by atoms with Crippen LogP contribution in [0.3, 0.4) is 0 Å². The van der Waals surface area contributed by atoms with Gasteiger partial charge in [-0.2, -0.15) is 0 Å². The molecule has 0 aliphatic rings. The number of aliphatic hydroxyl groups excluding tert-OH is 2. The molecule has 142 valence electrons. The molecule has 1 aromatic carbocycles. The normalized spacial score (nSPS) is 14.2. The van der Waals surface area contributed by atoms with Gasteiger partial charge in [0, 0.05) is 0 Å². The zero-order valence-corrected chi connectivity index (χ0v) is 16.7. The second-order valence-electron chi connectivity index (χ2n) is 7.60. The van der Waals surface area contributed by atoms with E-state index in [4.69, 9.17) is 4.74 Å². The Hall–Kier alpha value is -1.39. The Kier molecular flexibility index (Phi) is 8.10. The first-order valence-corrected chi connectivity index (χ1v) is 9.29. The van der Waals surface area contributed by atoms with Gasteiger partial charge in [0.25, 0.3) is 0 Å². The molecule has 0 spiro atoms. The zero-order valence-electron chi connectivity index (χ0n) is 16.7. The van der Waals surface area contributed by atoms with Gasteiger partial charge in [-0.25, -0.2) is 0 Å². The van der Waals surface area contributed by atoms with Crippen LogP contribution in [0, 0.1) is 0 Å². The molecule has 4 nitrogen and oxygen atoms in total. The third-order valence-corrected chi connectivity index (χ3v) is 4.52. The highest BCUT2D eigenvalue weighted by Gasteiger charge is 2.28. The van der Waals surface area contributed by atoms with E-state index < -0.39 is 18.2 Å². The summed E-state index contributed by atoms with van der Waals surface area (Å²) in [7, 11) is 0. The van der Waals surface area contributed by atoms with E-state index in [2.05, 4.69) is 53.7 Å². The van der Waals surface area contributed by atoms with Crippen LogP contribution in [0.4, 0.5) is 0 Å². The highest BCUT2D eigenvalue weighted by atomic mass is 16.5. The summed E-state index contributed by atoms with van der Waals surface area (Å²) in [5, 5.41) is 21.2. The molecular formula is C21H34O4. The third-order valence-electron chi connectivity index (χ3n) is 4.52. The Labute approximate surface area is 152 Å². The van der Waals surface area contributed by atoms with E-state index in [0.717, 1.165) is 16.7 Å². The summed E-state index contributed by atoms with van der Waals surface area (Å²) >= 11 is 0. The molecule has 2 N–H and O–H groups in total. The molecule has 0 amide bonds. The number of hydrogen-bond donors (Lipinski definition) is 2. The van der Waals surface area contributed by atoms with Crippen molar-refractivity contribution in [2.75, 3.05) is 6.61 Å². The number of aliphatic hydroxyl groups is 2. The summed E-state index contributed by atoms with van der Waals surface area (Å²) < 4.78 is 4.89. The number of benzene rings is 1. The van der Waals surface area contributed by atoms with E-state index in [-0.39, 0.29) is 24.9 Å². The molecule has 0 saturated carbocycles. The first-order chi connectivity index (χ1) is 11.6. The molecule has 0 heterocycles. The lowest BCUT2D eigenvalue weighted by atomic mass is 9.81. The van der Waals surface area contributed by atoms with Crippen LogP contribution in [0.2, 0.25) is 0 Å². The van der Waals surface area contributed by atoms with Gasteiger partial charge in [0.05, 0.1) is 19.1 Å². The molecular weight excluding hydrogens is 316 g/mol. The number of carbonyl (C=O) groups excluding carboxylic acids is 1. The van der Waals surface area contributed by atoms with Gasteiger partial charge in [-0.05, 0) is 46.9 Å². The highest BCUT2D eigenvalue weighted by molar-refractivity contribution is 5.70. The van der Waals surface area contributed by atoms with Gasteiger partial charge in [-0.15, -0.1) is 0 Å². The molecule has 4 heteroatoms. The molecule has 0 aliphatic carbocycles. The van der Waals surface area contributed by atoms with E-state index in [1.165, 1.54) is 5.56 Å². The lowest BCUT2D eigenvalue weighted by Crippen LogP contribution is -2.25. The van der Waals surface area contributed by atoms with E-state index >= 15 is 0 Å². The Morgan fingerprint density at radius 1 is 0.960 bits per heavy atom. The van der Waals surface area contributed by atoms with Gasteiger partial charge < -0.3 is 14.9 Å². The SMILES string of the molecule is CCOC(=O)CC(O)C(O)c1c(C(C)C)cc(C(C)C)cc1C(C)C. The van der Waals surface area contributed by atoms with Crippen LogP contribution in [-0.4, -0.2) is 28.9 Å². The molecule has 0 radical (unpaired) electrons. The zero-order chi connectivity index (χ0) is 19.3. The molecule has 0 aromatic heterocycles. The van der Waals surface area contributed by atoms with Gasteiger partial charge >= 0.3 is 5.97 Å². The number of rotatable bonds is 8. The highest BCUT2D eigenvalue weighted by Crippen LogP contribution is 2.37. The van der Waals surface area contributed by atoms with E-state index in [1.54, 1.807) is 6.92 Å². The second-order valence-corrected chi connectivity index (χ2v) is 7.60. The number of esters is 1. The minimum atomic E-state index is -1.18. The van der Waals surface area contributed by atoms with Crippen molar-refractivity contribution < 1.29 is 19.7 Å². The summed E-state index contributed by atoms with van der Waals surface area (Å²) in [5.74, 6) is 0.293. The number of carbonyl (C=O) groups is 1. The summed E-state index contributed by atoms with van der Waals surface area (Å²) in [6.07, 6.45) is -2.50. The average molecular weight is 350 g/mol. The van der Waals surface area contributed by atoms with Crippen LogP contribution >= 0.6 is 0 Å². The van der Waals surface area contributed by atoms with Gasteiger partial charge in [-0.1, -0.05) is 53.7 Å². The standard InChI is InChI=1S/C21H34O4/c1-8-25-19(23)11-18(22)21(24)20-16(13(4)5)9-15(12(2)3)10-17(20)14(6)7/h9-10,12-14,18,21-22,24H,8,11H2,1-7H3. The van der Waals surface area contributed by atoms with Crippen molar-refractivity contribution in [3.63, 3.8) is 0 Å². The van der Waals surface area contributed by atoms with Crippen molar-refractivity contribution >= 4 is 5.97 Å². The van der Waals surface area contributed by atoms with Gasteiger partial charge in [0.1, 0.15) is 6.10 Å². The summed E-state index contributed by atoms with van der Waals surface area (Å²) in [4.78, 5) is 11.7. The average Bonchev–Trinajstić information content (AvgIpc) is 2.52. The molecule has 25 heavy (non-hydrogen) atoms. The van der Waals surface area contributed by atoms with Gasteiger partial charge in [0.15, 0.2) is 0 Å². The maximum absolute atomic E-state index is 11.7. The topological polar surface area (TPSA) is 66.8 Å². The number of ether oxygens (including phenoxy) is 1. The number of hydrogen-bond acceptors (Lipinski definition) is 4. The van der Waals surface area contributed by atoms with Crippen LogP contribution in [0.15, 0.2) is 12.1 Å². The van der Waals surface area contributed by atoms with Crippen molar-refractivity contribution in [1.82, 2.24) is 0 Å². The van der Waals surface area contributed by atoms with Gasteiger partial charge in [-0.3, -0.25) is 4.79 Å². The third kappa shape index (κ3) is 5.55. The Balaban J connectivity index is 3.37. The lowest BCUT2D eigenvalue weighted by molar-refractivity contribution is -0.147. The monoisotopic (exact) mass is 350 g/mol. The molecule has 0 fully saturated rings. The summed E-state index contributed by atoms with van der Waals surface area (Å²) in [6, 6.07) is 4.24. The molecule has 1 aromatic rings. The van der Waals surface area contributed by atoms with Crippen molar-refractivity contribution in [3.05, 3.63) is 34.4 Å². The first-order valence-electron chi connectivity index (χ1n) is 9.29. The summed E-state index contributed by atoms with van der Waals surface area (Å²) in [6.45, 7) is 14.6. The second kappa shape index (κ2) is 9.35. The van der Waals surface area contributed by atoms with Crippen LogP contribution in [-0.2, 0) is 9.53 Å². The van der Waals surface area contributed by atoms with Crippen molar-refractivity contribution in [2.45, 2.75) is 84.8 Å². The first kappa shape index (κ1) is 21.7. The quantitative estimate of drug-likeness (QED) is 0.682. The maximum Gasteiger partial charge on any atom is 0.308 e. The predicted octanol–water partition coefficient (Wildman–Crippen LogP) is 4.40. The molecule has 0 saturated heterocycles. The van der Waals surface area contributed by atoms with Crippen molar-refractivity contribution in [1.29, 1.82) is 0 Å². The largest absolute Gasteiger partial charge is 0.466 e. The Bertz CT molecular complexity index is 546. The van der Waals surface area contributed by atoms with Crippen molar-refractivity contribution in [3.8, 4) is 0 Å². The molecule has 1 rings (SSSR count). The summed E-state index contributed by atoms with van der Waals surface area (Å²) in [5.41, 5.74) is 4.05. The van der Waals surface area contributed by atoms with Gasteiger partial charge in [0.2, 0.25) is 0 Å². The van der Waals surface area contributed by atoms with E-state index in [1.807, 2.05) is 0 Å². The molecule has 2 unspecified atom stereocenters. The van der Waals surface area contributed by atoms with Crippen LogP contribution in [0.1, 0.15) is 101 Å². The van der Waals surface area contributed by atoms with Crippen LogP contribution in [0.5, 0.6) is 0 Å². The minimum absolute atomic E-state index is 0.204. The van der Waals surface area contributed by atoms with Crippen LogP contribution in [0.25, 0.3) is 0 Å². The fourth-order valence-corrected chi connectivity index (χ4v) is 3.05. The lowest BCUT2D eigenvalue weighted by Gasteiger charge is -2.28. The Morgan fingerprint density at radius 2 is 1.44 bits per heavy atom. The minimum Gasteiger partial charge on any atom is -0.466 e. The molecule has 0 bridgehead atoms.